The van der Waals surface area contributed by atoms with Gasteiger partial charge in [0.25, 0.3) is 0 Å². The van der Waals surface area contributed by atoms with Gasteiger partial charge >= 0.3 is 0 Å². The molecule has 0 aromatic heterocycles. The molecule has 0 aliphatic heterocycles. The van der Waals surface area contributed by atoms with Gasteiger partial charge in [-0.25, -0.2) is 0 Å². The summed E-state index contributed by atoms with van der Waals surface area (Å²) < 4.78 is 11.6. The van der Waals surface area contributed by atoms with Gasteiger partial charge in [0.05, 0.1) is 0 Å². The molecule has 1 unspecified atom stereocenters. The van der Waals surface area contributed by atoms with Crippen molar-refractivity contribution in [2.75, 3.05) is 5.75 Å². The molecule has 15 heavy (non-hydrogen) atoms. The van der Waals surface area contributed by atoms with Crippen molar-refractivity contribution in [3.63, 3.8) is 0 Å². The zero-order valence-electron chi connectivity index (χ0n) is 10.3. The Morgan fingerprint density at radius 1 is 1.40 bits per heavy atom. The molecule has 0 amide bonds. The Morgan fingerprint density at radius 2 is 2.00 bits per heavy atom. The van der Waals surface area contributed by atoms with Gasteiger partial charge in [0.1, 0.15) is 0 Å². The second-order valence-corrected chi connectivity index (χ2v) is 12.6. The third-order valence-corrected chi connectivity index (χ3v) is 5.78. The van der Waals surface area contributed by atoms with Crippen LogP contribution in [0, 0.1) is 0 Å². The van der Waals surface area contributed by atoms with Crippen LogP contribution < -0.4 is 0 Å². The predicted molar refractivity (Wildman–Crippen MR) is 74.6 cm³/mol. The van der Waals surface area contributed by atoms with Gasteiger partial charge in [-0.1, -0.05) is 44.6 Å². The summed E-state index contributed by atoms with van der Waals surface area (Å²) in [4.78, 5) is 0. The van der Waals surface area contributed by atoms with Crippen LogP contribution in [-0.4, -0.2) is 18.0 Å². The van der Waals surface area contributed by atoms with E-state index in [4.69, 9.17) is 11.6 Å². The fraction of sp³-hybridized carbons (Fsp3) is 0.818. The van der Waals surface area contributed by atoms with Gasteiger partial charge < -0.3 is 0 Å². The number of allylic oxidation sites excluding steroid dienone is 1. The standard InChI is InChI=1S/C11H23ClOSSi/c1-5-6-7-11(12)10-14(13)8-9-15(2,3)4/h10H,5-9H2,1-4H3/b11-10+. The van der Waals surface area contributed by atoms with E-state index in [9.17, 15) is 4.21 Å². The molecule has 0 aromatic carbocycles. The van der Waals surface area contributed by atoms with Crippen molar-refractivity contribution in [1.29, 1.82) is 0 Å². The third kappa shape index (κ3) is 10.7. The lowest BCUT2D eigenvalue weighted by atomic mass is 10.2. The zero-order chi connectivity index (χ0) is 11.9. The molecule has 1 atom stereocenters. The molecule has 0 fully saturated rings. The minimum absolute atomic E-state index is 0.769. The lowest BCUT2D eigenvalue weighted by Crippen LogP contribution is -2.21. The first-order valence-electron chi connectivity index (χ1n) is 5.58. The van der Waals surface area contributed by atoms with Gasteiger partial charge in [-0.15, -0.1) is 0 Å². The van der Waals surface area contributed by atoms with Crippen molar-refractivity contribution in [3.8, 4) is 0 Å². The molecule has 0 saturated heterocycles. The van der Waals surface area contributed by atoms with Crippen molar-refractivity contribution in [2.45, 2.75) is 51.9 Å². The van der Waals surface area contributed by atoms with E-state index in [1.165, 1.54) is 0 Å². The van der Waals surface area contributed by atoms with E-state index in [-0.39, 0.29) is 0 Å². The average Bonchev–Trinajstić information content (AvgIpc) is 2.10. The Labute approximate surface area is 103 Å². The molecule has 0 saturated carbocycles. The molecule has 0 aliphatic rings. The van der Waals surface area contributed by atoms with Gasteiger partial charge in [-0.3, -0.25) is 4.21 Å². The molecule has 0 spiro atoms. The zero-order valence-corrected chi connectivity index (χ0v) is 12.9. The maximum Gasteiger partial charge on any atom is 0.0464 e. The lowest BCUT2D eigenvalue weighted by molar-refractivity contribution is 0.688. The molecular weight excluding hydrogens is 244 g/mol. The van der Waals surface area contributed by atoms with Crippen LogP contribution in [0.5, 0.6) is 0 Å². The predicted octanol–water partition coefficient (Wildman–Crippen LogP) is 4.34. The van der Waals surface area contributed by atoms with Crippen LogP contribution in [0.1, 0.15) is 26.2 Å². The number of unbranched alkanes of at least 4 members (excludes halogenated alkanes) is 1. The summed E-state index contributed by atoms with van der Waals surface area (Å²) >= 11 is 5.98. The fourth-order valence-corrected chi connectivity index (χ4v) is 5.22. The SMILES string of the molecule is CCCC/C(Cl)=C\S(=O)CC[Si](C)(C)C. The van der Waals surface area contributed by atoms with E-state index in [1.807, 2.05) is 0 Å². The first-order valence-corrected chi connectivity index (χ1v) is 11.1. The normalized spacial score (nSPS) is 15.4. The molecule has 0 bridgehead atoms. The largest absolute Gasteiger partial charge is 0.255 e. The monoisotopic (exact) mass is 266 g/mol. The maximum atomic E-state index is 11.6. The lowest BCUT2D eigenvalue weighted by Gasteiger charge is -2.13. The van der Waals surface area contributed by atoms with Crippen LogP contribution in [0.2, 0.25) is 25.7 Å². The van der Waals surface area contributed by atoms with Crippen molar-refractivity contribution in [3.05, 3.63) is 10.4 Å². The van der Waals surface area contributed by atoms with Gasteiger partial charge in [-0.05, 0) is 18.9 Å². The Bertz CT molecular complexity index is 233. The Morgan fingerprint density at radius 3 is 2.47 bits per heavy atom. The first kappa shape index (κ1) is 15.4. The minimum atomic E-state index is -1.06. The van der Waals surface area contributed by atoms with Gasteiger partial charge in [0, 0.05) is 35.1 Å². The molecule has 0 N–H and O–H groups in total. The van der Waals surface area contributed by atoms with E-state index < -0.39 is 18.9 Å². The number of rotatable bonds is 7. The summed E-state index contributed by atoms with van der Waals surface area (Å²) in [7, 11) is -1.92. The summed E-state index contributed by atoms with van der Waals surface area (Å²) in [5.41, 5.74) is 0. The van der Waals surface area contributed by atoms with Crippen LogP contribution in [0.25, 0.3) is 0 Å². The van der Waals surface area contributed by atoms with Gasteiger partial charge in [0.2, 0.25) is 0 Å². The highest BCUT2D eigenvalue weighted by Crippen LogP contribution is 2.14. The molecule has 0 aliphatic carbocycles. The molecule has 90 valence electrons. The van der Waals surface area contributed by atoms with Gasteiger partial charge in [0.15, 0.2) is 0 Å². The smallest absolute Gasteiger partial charge is 0.0464 e. The fourth-order valence-electron chi connectivity index (χ4n) is 1.01. The summed E-state index contributed by atoms with van der Waals surface area (Å²) in [6, 6.07) is 1.11. The van der Waals surface area contributed by atoms with Gasteiger partial charge in [-0.2, -0.15) is 0 Å². The summed E-state index contributed by atoms with van der Waals surface area (Å²) in [5, 5.41) is 2.50. The van der Waals surface area contributed by atoms with Crippen LogP contribution in [0.15, 0.2) is 10.4 Å². The quantitative estimate of drug-likeness (QED) is 0.627. The van der Waals surface area contributed by atoms with Crippen LogP contribution >= 0.6 is 11.6 Å². The molecule has 4 heteroatoms. The van der Waals surface area contributed by atoms with E-state index >= 15 is 0 Å². The van der Waals surface area contributed by atoms with Crippen molar-refractivity contribution >= 4 is 30.5 Å². The highest BCUT2D eigenvalue weighted by atomic mass is 35.5. The molecule has 0 rings (SSSR count). The van der Waals surface area contributed by atoms with Crippen molar-refractivity contribution < 1.29 is 4.21 Å². The van der Waals surface area contributed by atoms with E-state index in [0.717, 1.165) is 36.1 Å². The summed E-state index contributed by atoms with van der Waals surface area (Å²) in [6.07, 6.45) is 3.09. The minimum Gasteiger partial charge on any atom is -0.255 e. The van der Waals surface area contributed by atoms with Crippen molar-refractivity contribution in [2.24, 2.45) is 0 Å². The van der Waals surface area contributed by atoms with E-state index in [0.29, 0.717) is 0 Å². The Balaban J connectivity index is 3.91. The molecule has 1 nitrogen and oxygen atoms in total. The molecular formula is C11H23ClOSSi. The van der Waals surface area contributed by atoms with Crippen molar-refractivity contribution in [1.82, 2.24) is 0 Å². The highest BCUT2D eigenvalue weighted by Gasteiger charge is 2.13. The average molecular weight is 267 g/mol. The number of hydrogen-bond acceptors (Lipinski definition) is 1. The highest BCUT2D eigenvalue weighted by molar-refractivity contribution is 7.88. The van der Waals surface area contributed by atoms with E-state index in [1.54, 1.807) is 5.41 Å². The third-order valence-electron chi connectivity index (χ3n) is 2.08. The molecule has 0 aromatic rings. The Hall–Kier alpha value is 0.397. The molecule has 0 radical (unpaired) electrons. The maximum absolute atomic E-state index is 11.6. The second-order valence-electron chi connectivity index (χ2n) is 5.06. The topological polar surface area (TPSA) is 17.1 Å². The summed E-state index contributed by atoms with van der Waals surface area (Å²) in [6.45, 7) is 9.03. The number of hydrogen-bond donors (Lipinski definition) is 0. The first-order chi connectivity index (χ1) is 6.85. The Kier molecular flexibility index (Phi) is 7.84. The number of halogens is 1. The van der Waals surface area contributed by atoms with Crippen LogP contribution in [0.3, 0.4) is 0 Å². The van der Waals surface area contributed by atoms with Crippen LogP contribution in [0.4, 0.5) is 0 Å². The molecule has 0 heterocycles. The summed E-state index contributed by atoms with van der Waals surface area (Å²) in [5.74, 6) is 0.776. The second kappa shape index (κ2) is 7.63. The van der Waals surface area contributed by atoms with Crippen LogP contribution in [-0.2, 0) is 10.8 Å². The van der Waals surface area contributed by atoms with E-state index in [2.05, 4.69) is 26.6 Å².